The predicted molar refractivity (Wildman–Crippen MR) is 117 cm³/mol. The standard InChI is InChI=1S/C24H31NO6/c1-18-7-9-19(10-8-18)6-4-5-13-24(30-14-15-31-24)23(25(26)27)17-20-11-12-21(28-2)22(16-20)29-3/h7-12,16,23H,4-6,13-15,17H2,1-3H3. The quantitative estimate of drug-likeness (QED) is 0.300. The molecule has 0 bridgehead atoms. The minimum atomic E-state index is -1.20. The Balaban J connectivity index is 1.68. The van der Waals surface area contributed by atoms with Gasteiger partial charge < -0.3 is 18.9 Å². The summed E-state index contributed by atoms with van der Waals surface area (Å²) in [5, 5.41) is 12.0. The van der Waals surface area contributed by atoms with Crippen LogP contribution in [0, 0.1) is 17.0 Å². The molecule has 0 saturated carbocycles. The molecule has 0 aromatic heterocycles. The van der Waals surface area contributed by atoms with Gasteiger partial charge in [-0.2, -0.15) is 0 Å². The van der Waals surface area contributed by atoms with Crippen molar-refractivity contribution in [2.75, 3.05) is 27.4 Å². The highest BCUT2D eigenvalue weighted by molar-refractivity contribution is 5.43. The Morgan fingerprint density at radius 2 is 1.65 bits per heavy atom. The highest BCUT2D eigenvalue weighted by Crippen LogP contribution is 2.35. The molecular formula is C24H31NO6. The summed E-state index contributed by atoms with van der Waals surface area (Å²) in [5.74, 6) is -0.0742. The van der Waals surface area contributed by atoms with E-state index < -0.39 is 11.8 Å². The molecule has 1 saturated heterocycles. The van der Waals surface area contributed by atoms with Crippen molar-refractivity contribution in [2.24, 2.45) is 0 Å². The molecule has 2 aromatic carbocycles. The van der Waals surface area contributed by atoms with E-state index >= 15 is 0 Å². The zero-order valence-electron chi connectivity index (χ0n) is 18.5. The number of unbranched alkanes of at least 4 members (excludes halogenated alkanes) is 1. The summed E-state index contributed by atoms with van der Waals surface area (Å²) < 4.78 is 22.4. The zero-order valence-corrected chi connectivity index (χ0v) is 18.5. The lowest BCUT2D eigenvalue weighted by atomic mass is 9.93. The molecule has 31 heavy (non-hydrogen) atoms. The van der Waals surface area contributed by atoms with Crippen LogP contribution in [0.2, 0.25) is 0 Å². The van der Waals surface area contributed by atoms with Crippen LogP contribution in [-0.4, -0.2) is 44.2 Å². The molecule has 1 heterocycles. The molecule has 0 amide bonds. The second kappa shape index (κ2) is 10.6. The van der Waals surface area contributed by atoms with Gasteiger partial charge >= 0.3 is 0 Å². The van der Waals surface area contributed by atoms with Gasteiger partial charge in [0.25, 0.3) is 6.04 Å². The number of aryl methyl sites for hydroxylation is 2. The van der Waals surface area contributed by atoms with Gasteiger partial charge in [0.15, 0.2) is 11.5 Å². The fourth-order valence-electron chi connectivity index (χ4n) is 4.05. The Bertz CT molecular complexity index is 861. The third kappa shape index (κ3) is 5.74. The first kappa shape index (κ1) is 23.0. The average Bonchev–Trinajstić information content (AvgIpc) is 3.25. The summed E-state index contributed by atoms with van der Waals surface area (Å²) in [4.78, 5) is 11.8. The summed E-state index contributed by atoms with van der Waals surface area (Å²) in [7, 11) is 3.11. The third-order valence-electron chi connectivity index (χ3n) is 5.78. The summed E-state index contributed by atoms with van der Waals surface area (Å²) in [6, 6.07) is 12.8. The molecule has 0 spiro atoms. The number of nitrogens with zero attached hydrogens (tertiary/aromatic N) is 1. The van der Waals surface area contributed by atoms with Crippen LogP contribution in [-0.2, 0) is 22.3 Å². The summed E-state index contributed by atoms with van der Waals surface area (Å²) in [5.41, 5.74) is 3.28. The largest absolute Gasteiger partial charge is 0.493 e. The van der Waals surface area contributed by atoms with E-state index in [-0.39, 0.29) is 11.3 Å². The Morgan fingerprint density at radius 1 is 1.00 bits per heavy atom. The van der Waals surface area contributed by atoms with E-state index in [0.717, 1.165) is 24.8 Å². The van der Waals surface area contributed by atoms with Crippen molar-refractivity contribution >= 4 is 0 Å². The van der Waals surface area contributed by atoms with E-state index in [4.69, 9.17) is 18.9 Å². The molecule has 2 aromatic rings. The molecule has 1 atom stereocenters. The van der Waals surface area contributed by atoms with Crippen LogP contribution in [0.3, 0.4) is 0 Å². The topological polar surface area (TPSA) is 80.1 Å². The van der Waals surface area contributed by atoms with Gasteiger partial charge in [-0.05, 0) is 49.4 Å². The maximum Gasteiger partial charge on any atom is 0.270 e. The molecule has 1 unspecified atom stereocenters. The van der Waals surface area contributed by atoms with E-state index in [1.807, 2.05) is 6.07 Å². The van der Waals surface area contributed by atoms with Crippen molar-refractivity contribution in [1.82, 2.24) is 0 Å². The molecule has 3 rings (SSSR count). The fraction of sp³-hybridized carbons (Fsp3) is 0.500. The summed E-state index contributed by atoms with van der Waals surface area (Å²) >= 11 is 0. The number of hydrogen-bond donors (Lipinski definition) is 0. The lowest BCUT2D eigenvalue weighted by Gasteiger charge is -2.30. The number of hydrogen-bond acceptors (Lipinski definition) is 6. The summed E-state index contributed by atoms with van der Waals surface area (Å²) in [6.45, 7) is 2.81. The lowest BCUT2D eigenvalue weighted by Crippen LogP contribution is -2.49. The van der Waals surface area contributed by atoms with Gasteiger partial charge in [-0.3, -0.25) is 10.1 Å². The molecule has 7 nitrogen and oxygen atoms in total. The van der Waals surface area contributed by atoms with Crippen molar-refractivity contribution < 1.29 is 23.9 Å². The first-order chi connectivity index (χ1) is 15.0. The first-order valence-corrected chi connectivity index (χ1v) is 10.7. The normalized spacial score (nSPS) is 16.1. The second-order valence-electron chi connectivity index (χ2n) is 7.90. The van der Waals surface area contributed by atoms with Crippen molar-refractivity contribution in [1.29, 1.82) is 0 Å². The highest BCUT2D eigenvalue weighted by Gasteiger charge is 2.51. The maximum atomic E-state index is 12.0. The number of nitro groups is 1. The van der Waals surface area contributed by atoms with Crippen molar-refractivity contribution in [3.05, 3.63) is 69.3 Å². The van der Waals surface area contributed by atoms with E-state index in [2.05, 4.69) is 31.2 Å². The van der Waals surface area contributed by atoms with E-state index in [9.17, 15) is 10.1 Å². The van der Waals surface area contributed by atoms with Crippen LogP contribution in [0.25, 0.3) is 0 Å². The monoisotopic (exact) mass is 429 g/mol. The molecule has 168 valence electrons. The van der Waals surface area contributed by atoms with Gasteiger partial charge in [0.05, 0.1) is 27.4 Å². The van der Waals surface area contributed by atoms with Gasteiger partial charge in [-0.15, -0.1) is 0 Å². The maximum absolute atomic E-state index is 12.0. The highest BCUT2D eigenvalue weighted by atomic mass is 16.7. The number of ether oxygens (including phenoxy) is 4. The number of rotatable bonds is 11. The second-order valence-corrected chi connectivity index (χ2v) is 7.90. The Hall–Kier alpha value is -2.64. The molecule has 0 radical (unpaired) electrons. The van der Waals surface area contributed by atoms with Crippen LogP contribution in [0.4, 0.5) is 0 Å². The van der Waals surface area contributed by atoms with E-state index in [1.54, 1.807) is 26.4 Å². The first-order valence-electron chi connectivity index (χ1n) is 10.7. The van der Waals surface area contributed by atoms with Crippen LogP contribution in [0.15, 0.2) is 42.5 Å². The van der Waals surface area contributed by atoms with E-state index in [1.165, 1.54) is 11.1 Å². The number of methoxy groups -OCH3 is 2. The molecule has 1 aliphatic rings. The minimum Gasteiger partial charge on any atom is -0.493 e. The zero-order chi connectivity index (χ0) is 22.3. The lowest BCUT2D eigenvalue weighted by molar-refractivity contribution is -0.561. The Labute approximate surface area is 183 Å². The van der Waals surface area contributed by atoms with Crippen LogP contribution < -0.4 is 9.47 Å². The third-order valence-corrected chi connectivity index (χ3v) is 5.78. The fourth-order valence-corrected chi connectivity index (χ4v) is 4.05. The number of benzene rings is 2. The van der Waals surface area contributed by atoms with Gasteiger partial charge in [-0.25, -0.2) is 0 Å². The molecule has 0 aliphatic carbocycles. The van der Waals surface area contributed by atoms with Crippen LogP contribution >= 0.6 is 0 Å². The molecule has 7 heteroatoms. The van der Waals surface area contributed by atoms with Crippen LogP contribution in [0.5, 0.6) is 11.5 Å². The molecule has 1 fully saturated rings. The smallest absolute Gasteiger partial charge is 0.270 e. The SMILES string of the molecule is COc1ccc(CC([N+](=O)[O-])C2(CCCCc3ccc(C)cc3)OCCO2)cc1OC. The Morgan fingerprint density at radius 3 is 2.26 bits per heavy atom. The van der Waals surface area contributed by atoms with Gasteiger partial charge in [0.1, 0.15) is 0 Å². The van der Waals surface area contributed by atoms with Crippen molar-refractivity contribution in [3.63, 3.8) is 0 Å². The van der Waals surface area contributed by atoms with Crippen molar-refractivity contribution in [2.45, 2.75) is 50.9 Å². The minimum absolute atomic E-state index is 0.186. The predicted octanol–water partition coefficient (Wildman–Crippen LogP) is 4.36. The summed E-state index contributed by atoms with van der Waals surface area (Å²) in [6.07, 6.45) is 3.29. The molecule has 0 N–H and O–H groups in total. The van der Waals surface area contributed by atoms with Crippen LogP contribution in [0.1, 0.15) is 36.0 Å². The van der Waals surface area contributed by atoms with E-state index in [0.29, 0.717) is 31.1 Å². The molecular weight excluding hydrogens is 398 g/mol. The Kier molecular flexibility index (Phi) is 7.87. The van der Waals surface area contributed by atoms with Gasteiger partial charge in [0, 0.05) is 17.8 Å². The van der Waals surface area contributed by atoms with Gasteiger partial charge in [-0.1, -0.05) is 35.9 Å². The average molecular weight is 430 g/mol. The van der Waals surface area contributed by atoms with Gasteiger partial charge in [0.2, 0.25) is 5.79 Å². The van der Waals surface area contributed by atoms with Crippen molar-refractivity contribution in [3.8, 4) is 11.5 Å². The molecule has 1 aliphatic heterocycles.